The van der Waals surface area contributed by atoms with Crippen molar-refractivity contribution in [3.63, 3.8) is 0 Å². The number of aromatic hydroxyl groups is 1. The lowest BCUT2D eigenvalue weighted by molar-refractivity contribution is 0.262. The number of phenolic OH excluding ortho intramolecular Hbond substituents is 1. The van der Waals surface area contributed by atoms with Gasteiger partial charge in [0.05, 0.1) is 16.5 Å². The van der Waals surface area contributed by atoms with Gasteiger partial charge in [-0.3, -0.25) is 9.69 Å². The summed E-state index contributed by atoms with van der Waals surface area (Å²) in [5, 5.41) is 11.5. The second kappa shape index (κ2) is 8.59. The van der Waals surface area contributed by atoms with Crippen LogP contribution in [0.1, 0.15) is 32.3 Å². The van der Waals surface area contributed by atoms with Crippen LogP contribution in [0.4, 0.5) is 0 Å². The van der Waals surface area contributed by atoms with Crippen molar-refractivity contribution in [1.29, 1.82) is 0 Å². The van der Waals surface area contributed by atoms with Crippen molar-refractivity contribution in [2.75, 3.05) is 13.1 Å². The van der Waals surface area contributed by atoms with E-state index in [9.17, 15) is 9.90 Å². The Hall–Kier alpha value is -2.30. The molecule has 2 aromatic carbocycles. The number of halogens is 1. The Bertz CT molecular complexity index is 973. The Morgan fingerprint density at radius 1 is 1.04 bits per heavy atom. The van der Waals surface area contributed by atoms with E-state index in [4.69, 9.17) is 16.0 Å². The van der Waals surface area contributed by atoms with E-state index in [1.54, 1.807) is 36.4 Å². The molecule has 0 fully saturated rings. The molecule has 3 rings (SSSR count). The molecule has 0 amide bonds. The highest BCUT2D eigenvalue weighted by Gasteiger charge is 2.17. The van der Waals surface area contributed by atoms with Gasteiger partial charge in [-0.05, 0) is 55.8 Å². The first-order chi connectivity index (χ1) is 13.0. The van der Waals surface area contributed by atoms with Crippen LogP contribution >= 0.6 is 11.6 Å². The molecule has 1 heterocycles. The zero-order chi connectivity index (χ0) is 19.4. The van der Waals surface area contributed by atoms with Crippen molar-refractivity contribution < 1.29 is 9.52 Å². The van der Waals surface area contributed by atoms with E-state index in [0.717, 1.165) is 31.5 Å². The van der Waals surface area contributed by atoms with E-state index >= 15 is 0 Å². The number of fused-ring (bicyclic) bond motifs is 1. The van der Waals surface area contributed by atoms with Crippen LogP contribution in [-0.4, -0.2) is 23.1 Å². The molecule has 142 valence electrons. The molecule has 0 atom stereocenters. The molecule has 0 aliphatic rings. The highest BCUT2D eigenvalue weighted by atomic mass is 35.5. The third-order valence-electron chi connectivity index (χ3n) is 4.64. The Labute approximate surface area is 164 Å². The number of hydrogen-bond acceptors (Lipinski definition) is 4. The van der Waals surface area contributed by atoms with Crippen LogP contribution in [0.2, 0.25) is 5.02 Å². The molecule has 3 aromatic rings. The number of benzene rings is 2. The molecule has 1 aromatic heterocycles. The SMILES string of the molecule is CCCN(CCC)Cc1c(O)ccc2c(=O)c(-c3ccc(Cl)cc3)coc12. The second-order valence-corrected chi connectivity index (χ2v) is 7.14. The third kappa shape index (κ3) is 4.18. The first kappa shape index (κ1) is 19.5. The minimum atomic E-state index is -0.114. The number of phenols is 1. The Morgan fingerprint density at radius 3 is 2.33 bits per heavy atom. The number of rotatable bonds is 7. The first-order valence-corrected chi connectivity index (χ1v) is 9.67. The normalized spacial score (nSPS) is 11.4. The summed E-state index contributed by atoms with van der Waals surface area (Å²) in [6.07, 6.45) is 3.52. The van der Waals surface area contributed by atoms with Gasteiger partial charge in [-0.25, -0.2) is 0 Å². The summed E-state index contributed by atoms with van der Waals surface area (Å²) in [7, 11) is 0. The van der Waals surface area contributed by atoms with Gasteiger partial charge in [0.15, 0.2) is 0 Å². The van der Waals surface area contributed by atoms with Gasteiger partial charge in [-0.1, -0.05) is 37.6 Å². The maximum absolute atomic E-state index is 13.0. The van der Waals surface area contributed by atoms with Crippen LogP contribution in [0.5, 0.6) is 5.75 Å². The van der Waals surface area contributed by atoms with Gasteiger partial charge in [0.2, 0.25) is 5.43 Å². The van der Waals surface area contributed by atoms with E-state index in [-0.39, 0.29) is 11.2 Å². The fraction of sp³-hybridized carbons (Fsp3) is 0.318. The molecule has 0 radical (unpaired) electrons. The summed E-state index contributed by atoms with van der Waals surface area (Å²) in [6.45, 7) is 6.66. The van der Waals surface area contributed by atoms with Crippen molar-refractivity contribution in [3.05, 3.63) is 63.5 Å². The van der Waals surface area contributed by atoms with Gasteiger partial charge in [-0.15, -0.1) is 0 Å². The molecule has 27 heavy (non-hydrogen) atoms. The summed E-state index contributed by atoms with van der Waals surface area (Å²) in [6, 6.07) is 10.3. The fourth-order valence-electron chi connectivity index (χ4n) is 3.35. The summed E-state index contributed by atoms with van der Waals surface area (Å²) < 4.78 is 5.86. The molecular weight excluding hydrogens is 362 g/mol. The van der Waals surface area contributed by atoms with Gasteiger partial charge in [0, 0.05) is 11.6 Å². The number of nitrogens with zero attached hydrogens (tertiary/aromatic N) is 1. The maximum atomic E-state index is 13.0. The van der Waals surface area contributed by atoms with E-state index in [1.807, 2.05) is 0 Å². The molecule has 5 heteroatoms. The van der Waals surface area contributed by atoms with E-state index in [2.05, 4.69) is 18.7 Å². The monoisotopic (exact) mass is 385 g/mol. The summed E-state index contributed by atoms with van der Waals surface area (Å²) in [4.78, 5) is 15.3. The molecule has 4 nitrogen and oxygen atoms in total. The van der Waals surface area contributed by atoms with Crippen LogP contribution < -0.4 is 5.43 Å². The largest absolute Gasteiger partial charge is 0.507 e. The van der Waals surface area contributed by atoms with Crippen LogP contribution in [0.3, 0.4) is 0 Å². The molecule has 0 aliphatic carbocycles. The summed E-state index contributed by atoms with van der Waals surface area (Å²) in [5.41, 5.74) is 2.24. The van der Waals surface area contributed by atoms with Crippen molar-refractivity contribution in [1.82, 2.24) is 4.90 Å². The smallest absolute Gasteiger partial charge is 0.200 e. The Kier molecular flexibility index (Phi) is 6.19. The van der Waals surface area contributed by atoms with Crippen molar-refractivity contribution >= 4 is 22.6 Å². The first-order valence-electron chi connectivity index (χ1n) is 9.29. The second-order valence-electron chi connectivity index (χ2n) is 6.70. The third-order valence-corrected chi connectivity index (χ3v) is 4.89. The lowest BCUT2D eigenvalue weighted by Crippen LogP contribution is -2.25. The molecular formula is C22H24ClNO3. The fourth-order valence-corrected chi connectivity index (χ4v) is 3.48. The van der Waals surface area contributed by atoms with Gasteiger partial charge < -0.3 is 9.52 Å². The zero-order valence-corrected chi connectivity index (χ0v) is 16.4. The summed E-state index contributed by atoms with van der Waals surface area (Å²) >= 11 is 5.94. The van der Waals surface area contributed by atoms with Gasteiger partial charge >= 0.3 is 0 Å². The highest BCUT2D eigenvalue weighted by molar-refractivity contribution is 6.30. The predicted molar refractivity (Wildman–Crippen MR) is 110 cm³/mol. The van der Waals surface area contributed by atoms with E-state index in [0.29, 0.717) is 33.7 Å². The average molecular weight is 386 g/mol. The maximum Gasteiger partial charge on any atom is 0.200 e. The number of hydrogen-bond donors (Lipinski definition) is 1. The Balaban J connectivity index is 2.08. The van der Waals surface area contributed by atoms with Gasteiger partial charge in [0.1, 0.15) is 17.6 Å². The van der Waals surface area contributed by atoms with Gasteiger partial charge in [0.25, 0.3) is 0 Å². The molecule has 0 saturated carbocycles. The molecule has 0 spiro atoms. The Morgan fingerprint density at radius 2 is 1.70 bits per heavy atom. The molecule has 0 bridgehead atoms. The van der Waals surface area contributed by atoms with Crippen LogP contribution in [0, 0.1) is 0 Å². The molecule has 0 saturated heterocycles. The molecule has 0 unspecified atom stereocenters. The molecule has 1 N–H and O–H groups in total. The summed E-state index contributed by atoms with van der Waals surface area (Å²) in [5.74, 6) is 0.155. The average Bonchev–Trinajstić information content (AvgIpc) is 2.65. The van der Waals surface area contributed by atoms with Crippen molar-refractivity contribution in [2.45, 2.75) is 33.2 Å². The van der Waals surface area contributed by atoms with Crippen LogP contribution in [0.25, 0.3) is 22.1 Å². The lowest BCUT2D eigenvalue weighted by atomic mass is 10.0. The quantitative estimate of drug-likeness (QED) is 0.588. The minimum Gasteiger partial charge on any atom is -0.507 e. The van der Waals surface area contributed by atoms with Crippen LogP contribution in [-0.2, 0) is 6.54 Å². The van der Waals surface area contributed by atoms with Gasteiger partial charge in [-0.2, -0.15) is 0 Å². The minimum absolute atomic E-state index is 0.114. The van der Waals surface area contributed by atoms with Crippen molar-refractivity contribution in [3.8, 4) is 16.9 Å². The van der Waals surface area contributed by atoms with Crippen LogP contribution in [0.15, 0.2) is 51.9 Å². The van der Waals surface area contributed by atoms with E-state index < -0.39 is 0 Å². The standard InChI is InChI=1S/C22H24ClNO3/c1-3-11-24(12-4-2)13-18-20(25)10-9-17-21(26)19(14-27-22(17)18)15-5-7-16(23)8-6-15/h5-10,14,25H,3-4,11-13H2,1-2H3. The lowest BCUT2D eigenvalue weighted by Gasteiger charge is -2.22. The predicted octanol–water partition coefficient (Wildman–Crippen LogP) is 5.44. The highest BCUT2D eigenvalue weighted by Crippen LogP contribution is 2.29. The molecule has 0 aliphatic heterocycles. The zero-order valence-electron chi connectivity index (χ0n) is 15.7. The van der Waals surface area contributed by atoms with E-state index in [1.165, 1.54) is 6.26 Å². The topological polar surface area (TPSA) is 53.7 Å². The van der Waals surface area contributed by atoms with Crippen molar-refractivity contribution in [2.24, 2.45) is 0 Å².